The molecule has 1 aromatic rings. The Bertz CT molecular complexity index is 340. The van der Waals surface area contributed by atoms with Gasteiger partial charge in [0.15, 0.2) is 0 Å². The van der Waals surface area contributed by atoms with Crippen LogP contribution in [0.5, 0.6) is 11.5 Å². The second-order valence-corrected chi connectivity index (χ2v) is 2.74. The summed E-state index contributed by atoms with van der Waals surface area (Å²) >= 11 is 0. The first-order valence-corrected chi connectivity index (χ1v) is 4.05. The zero-order valence-electron chi connectivity index (χ0n) is 7.53. The Kier molecular flexibility index (Phi) is 3.12. The van der Waals surface area contributed by atoms with Crippen molar-refractivity contribution in [3.05, 3.63) is 36.4 Å². The highest BCUT2D eigenvalue weighted by atomic mass is 16.3. The minimum Gasteiger partial charge on any atom is -0.508 e. The molecule has 4 heteroatoms. The fourth-order valence-corrected chi connectivity index (χ4v) is 0.993. The summed E-state index contributed by atoms with van der Waals surface area (Å²) in [6.07, 6.45) is 1.54. The van der Waals surface area contributed by atoms with E-state index in [-0.39, 0.29) is 23.0 Å². The number of benzene rings is 1. The SMILES string of the molecule is C=CCNC(=O)c1cc(O)cc(O)c1. The minimum atomic E-state index is -0.365. The lowest BCUT2D eigenvalue weighted by Gasteiger charge is -2.03. The highest BCUT2D eigenvalue weighted by Gasteiger charge is 2.06. The molecule has 0 atom stereocenters. The number of carbonyl (C=O) groups excluding carboxylic acids is 1. The van der Waals surface area contributed by atoms with Gasteiger partial charge < -0.3 is 15.5 Å². The van der Waals surface area contributed by atoms with Gasteiger partial charge in [-0.05, 0) is 12.1 Å². The van der Waals surface area contributed by atoms with Gasteiger partial charge in [0.05, 0.1) is 0 Å². The van der Waals surface area contributed by atoms with E-state index in [9.17, 15) is 4.79 Å². The van der Waals surface area contributed by atoms with Crippen molar-refractivity contribution in [3.63, 3.8) is 0 Å². The maximum atomic E-state index is 11.3. The number of phenols is 2. The monoisotopic (exact) mass is 193 g/mol. The molecule has 74 valence electrons. The van der Waals surface area contributed by atoms with E-state index in [0.717, 1.165) is 6.07 Å². The van der Waals surface area contributed by atoms with Crippen LogP contribution in [0.2, 0.25) is 0 Å². The van der Waals surface area contributed by atoms with Crippen LogP contribution < -0.4 is 5.32 Å². The van der Waals surface area contributed by atoms with Gasteiger partial charge in [0.2, 0.25) is 0 Å². The molecule has 0 saturated carbocycles. The summed E-state index contributed by atoms with van der Waals surface area (Å²) in [6.45, 7) is 3.79. The molecular formula is C10H11NO3. The Labute approximate surface area is 81.5 Å². The van der Waals surface area contributed by atoms with Crippen LogP contribution in [0.4, 0.5) is 0 Å². The van der Waals surface area contributed by atoms with E-state index in [1.807, 2.05) is 0 Å². The molecule has 4 nitrogen and oxygen atoms in total. The van der Waals surface area contributed by atoms with Crippen molar-refractivity contribution in [2.75, 3.05) is 6.54 Å². The minimum absolute atomic E-state index is 0.145. The maximum Gasteiger partial charge on any atom is 0.251 e. The van der Waals surface area contributed by atoms with Gasteiger partial charge >= 0.3 is 0 Å². The molecule has 0 spiro atoms. The fourth-order valence-electron chi connectivity index (χ4n) is 0.993. The molecule has 0 fully saturated rings. The molecule has 3 N–H and O–H groups in total. The van der Waals surface area contributed by atoms with E-state index < -0.39 is 0 Å². The Morgan fingerprint density at radius 1 is 1.36 bits per heavy atom. The molecule has 0 unspecified atom stereocenters. The highest BCUT2D eigenvalue weighted by Crippen LogP contribution is 2.19. The lowest BCUT2D eigenvalue weighted by atomic mass is 10.2. The molecule has 0 aliphatic rings. The number of nitrogens with one attached hydrogen (secondary N) is 1. The zero-order valence-corrected chi connectivity index (χ0v) is 7.53. The van der Waals surface area contributed by atoms with E-state index in [2.05, 4.69) is 11.9 Å². The first-order chi connectivity index (χ1) is 6.63. The highest BCUT2D eigenvalue weighted by molar-refractivity contribution is 5.95. The van der Waals surface area contributed by atoms with E-state index in [4.69, 9.17) is 10.2 Å². The topological polar surface area (TPSA) is 69.6 Å². The normalized spacial score (nSPS) is 9.43. The first kappa shape index (κ1) is 10.1. The number of rotatable bonds is 3. The molecule has 1 amide bonds. The van der Waals surface area contributed by atoms with Crippen LogP contribution in [-0.4, -0.2) is 22.7 Å². The second-order valence-electron chi connectivity index (χ2n) is 2.74. The first-order valence-electron chi connectivity index (χ1n) is 4.05. The molecule has 14 heavy (non-hydrogen) atoms. The van der Waals surface area contributed by atoms with Crippen molar-refractivity contribution >= 4 is 5.91 Å². The smallest absolute Gasteiger partial charge is 0.251 e. The van der Waals surface area contributed by atoms with Gasteiger partial charge in [-0.1, -0.05) is 6.08 Å². The number of aromatic hydroxyl groups is 2. The summed E-state index contributed by atoms with van der Waals surface area (Å²) in [5, 5.41) is 20.7. The average Bonchev–Trinajstić information content (AvgIpc) is 2.12. The quantitative estimate of drug-likeness (QED) is 0.627. The summed E-state index contributed by atoms with van der Waals surface area (Å²) in [5.74, 6) is -0.654. The van der Waals surface area contributed by atoms with Gasteiger partial charge in [0, 0.05) is 18.2 Å². The lowest BCUT2D eigenvalue weighted by molar-refractivity contribution is 0.0957. The van der Waals surface area contributed by atoms with Gasteiger partial charge in [-0.15, -0.1) is 6.58 Å². The Balaban J connectivity index is 2.84. The summed E-state index contributed by atoms with van der Waals surface area (Å²) in [6, 6.07) is 3.71. The average molecular weight is 193 g/mol. The van der Waals surface area contributed by atoms with Crippen LogP contribution in [0, 0.1) is 0 Å². The molecule has 1 aromatic carbocycles. The van der Waals surface area contributed by atoms with Gasteiger partial charge in [0.1, 0.15) is 11.5 Å². The molecule has 0 aliphatic heterocycles. The summed E-state index contributed by atoms with van der Waals surface area (Å²) < 4.78 is 0. The third kappa shape index (κ3) is 2.52. The van der Waals surface area contributed by atoms with Crippen LogP contribution in [0.1, 0.15) is 10.4 Å². The largest absolute Gasteiger partial charge is 0.508 e. The standard InChI is InChI=1S/C10H11NO3/c1-2-3-11-10(14)7-4-8(12)6-9(13)5-7/h2,4-6,12-13H,1,3H2,(H,11,14). The number of phenolic OH excluding ortho intramolecular Hbond substituents is 2. The lowest BCUT2D eigenvalue weighted by Crippen LogP contribution is -2.22. The zero-order chi connectivity index (χ0) is 10.6. The number of hydrogen-bond acceptors (Lipinski definition) is 3. The summed E-state index contributed by atoms with van der Waals surface area (Å²) in [7, 11) is 0. The van der Waals surface area contributed by atoms with Crippen molar-refractivity contribution in [2.45, 2.75) is 0 Å². The summed E-state index contributed by atoms with van der Waals surface area (Å²) in [4.78, 5) is 11.3. The molecule has 0 saturated heterocycles. The van der Waals surface area contributed by atoms with Crippen molar-refractivity contribution < 1.29 is 15.0 Å². The molecule has 0 heterocycles. The Morgan fingerprint density at radius 2 is 1.93 bits per heavy atom. The van der Waals surface area contributed by atoms with Gasteiger partial charge in [-0.25, -0.2) is 0 Å². The van der Waals surface area contributed by atoms with Crippen LogP contribution in [0.15, 0.2) is 30.9 Å². The Morgan fingerprint density at radius 3 is 2.43 bits per heavy atom. The van der Waals surface area contributed by atoms with Crippen LogP contribution in [0.3, 0.4) is 0 Å². The molecular weight excluding hydrogens is 182 g/mol. The third-order valence-electron chi connectivity index (χ3n) is 1.57. The van der Waals surface area contributed by atoms with Crippen molar-refractivity contribution in [3.8, 4) is 11.5 Å². The molecule has 0 bridgehead atoms. The van der Waals surface area contributed by atoms with Crippen LogP contribution in [0.25, 0.3) is 0 Å². The van der Waals surface area contributed by atoms with E-state index in [1.165, 1.54) is 12.1 Å². The predicted octanol–water partition coefficient (Wildman–Crippen LogP) is 1.01. The van der Waals surface area contributed by atoms with Gasteiger partial charge in [-0.3, -0.25) is 4.79 Å². The predicted molar refractivity (Wildman–Crippen MR) is 52.3 cm³/mol. The number of amides is 1. The van der Waals surface area contributed by atoms with E-state index in [0.29, 0.717) is 6.54 Å². The van der Waals surface area contributed by atoms with Crippen molar-refractivity contribution in [1.82, 2.24) is 5.32 Å². The van der Waals surface area contributed by atoms with Gasteiger partial charge in [0.25, 0.3) is 5.91 Å². The molecule has 1 rings (SSSR count). The molecule has 0 aliphatic carbocycles. The van der Waals surface area contributed by atoms with E-state index >= 15 is 0 Å². The van der Waals surface area contributed by atoms with Crippen LogP contribution in [-0.2, 0) is 0 Å². The fraction of sp³-hybridized carbons (Fsp3) is 0.100. The molecule has 0 aromatic heterocycles. The maximum absolute atomic E-state index is 11.3. The number of hydrogen-bond donors (Lipinski definition) is 3. The number of carbonyl (C=O) groups is 1. The van der Waals surface area contributed by atoms with Crippen molar-refractivity contribution in [2.24, 2.45) is 0 Å². The van der Waals surface area contributed by atoms with E-state index in [1.54, 1.807) is 6.08 Å². The van der Waals surface area contributed by atoms with Crippen LogP contribution >= 0.6 is 0 Å². The molecule has 0 radical (unpaired) electrons. The van der Waals surface area contributed by atoms with Crippen molar-refractivity contribution in [1.29, 1.82) is 0 Å². The Hall–Kier alpha value is -1.97. The van der Waals surface area contributed by atoms with Gasteiger partial charge in [-0.2, -0.15) is 0 Å². The second kappa shape index (κ2) is 4.32. The summed E-state index contributed by atoms with van der Waals surface area (Å²) in [5.41, 5.74) is 0.212. The third-order valence-corrected chi connectivity index (χ3v) is 1.57.